The summed E-state index contributed by atoms with van der Waals surface area (Å²) in [4.78, 5) is 0. The fourth-order valence-corrected chi connectivity index (χ4v) is 13.3. The minimum Gasteiger partial charge on any atom is -0.222 e. The predicted molar refractivity (Wildman–Crippen MR) is 244 cm³/mol. The summed E-state index contributed by atoms with van der Waals surface area (Å²) in [6, 6.07) is 75.4. The Kier molecular flexibility index (Phi) is 23.6. The Morgan fingerprint density at radius 1 is 0.258 bits per heavy atom. The quantitative estimate of drug-likeness (QED) is 0.138. The van der Waals surface area contributed by atoms with Gasteiger partial charge < -0.3 is 0 Å². The largest absolute Gasteiger partial charge is 2.00 e. The van der Waals surface area contributed by atoms with Gasteiger partial charge in [-0.3, -0.25) is 0 Å². The van der Waals surface area contributed by atoms with Gasteiger partial charge in [-0.1, -0.05) is 212 Å². The Hall–Kier alpha value is -2.78. The molecule has 7 aromatic carbocycles. The van der Waals surface area contributed by atoms with Crippen LogP contribution in [0.1, 0.15) is 0 Å². The normalized spacial score (nSPS) is 13.7. The number of halogens is 1. The molecule has 0 amide bonds. The molecule has 0 N–H and O–H groups in total. The minimum absolute atomic E-state index is 0. The van der Waals surface area contributed by atoms with E-state index in [1.54, 1.807) is 0 Å². The molecule has 2 aliphatic carbocycles. The summed E-state index contributed by atoms with van der Waals surface area (Å²) in [6.45, 7) is 0. The zero-order valence-electron chi connectivity index (χ0n) is 33.3. The van der Waals surface area contributed by atoms with Crippen LogP contribution in [0.3, 0.4) is 0 Å². The van der Waals surface area contributed by atoms with Gasteiger partial charge in [0.2, 0.25) is 0 Å². The van der Waals surface area contributed by atoms with Crippen LogP contribution in [-0.4, -0.2) is 0 Å². The molecule has 0 aliphatic heterocycles. The Balaban J connectivity index is 0.000000191. The van der Waals surface area contributed by atoms with E-state index >= 15 is 0 Å². The van der Waals surface area contributed by atoms with E-state index in [0.717, 1.165) is 0 Å². The van der Waals surface area contributed by atoms with Gasteiger partial charge in [0.05, 0.1) is 0 Å². The van der Waals surface area contributed by atoms with Crippen molar-refractivity contribution in [1.29, 1.82) is 0 Å². The van der Waals surface area contributed by atoms with Crippen molar-refractivity contribution in [2.24, 2.45) is 0 Å². The van der Waals surface area contributed by atoms with Crippen LogP contribution in [0.4, 0.5) is 0 Å². The Morgan fingerprint density at radius 2 is 0.403 bits per heavy atom. The molecule has 0 spiro atoms. The molecular weight excluding hydrogens is 1070 g/mol. The zero-order chi connectivity index (χ0) is 41.8. The van der Waals surface area contributed by atoms with Crippen molar-refractivity contribution in [3.05, 3.63) is 275 Å². The molecule has 4 nitrogen and oxygen atoms in total. The zero-order valence-corrected chi connectivity index (χ0v) is 40.0. The fraction of sp³-hybridized carbons (Fsp3) is 0. The van der Waals surface area contributed by atoms with Crippen molar-refractivity contribution in [2.75, 3.05) is 0 Å². The van der Waals surface area contributed by atoms with Crippen molar-refractivity contribution in [3.63, 3.8) is 0 Å². The van der Waals surface area contributed by atoms with Gasteiger partial charge in [0.25, 0.3) is 0 Å². The summed E-state index contributed by atoms with van der Waals surface area (Å²) in [5.41, 5.74) is 2.84. The van der Waals surface area contributed by atoms with Crippen LogP contribution in [0, 0.1) is 72.9 Å². The topological polar surface area (TPSA) is 92.2 Å². The van der Waals surface area contributed by atoms with E-state index < -0.39 is 34.0 Å². The van der Waals surface area contributed by atoms with Crippen LogP contribution in [0.5, 0.6) is 0 Å². The summed E-state index contributed by atoms with van der Waals surface area (Å²) in [5, 5.41) is 9.82. The van der Waals surface area contributed by atoms with Gasteiger partial charge in [-0.15, -0.1) is 10.2 Å². The van der Waals surface area contributed by atoms with Gasteiger partial charge in [0.1, 0.15) is 0 Å². The molecule has 62 heavy (non-hydrogen) atoms. The maximum atomic E-state index is 8.49. The summed E-state index contributed by atoms with van der Waals surface area (Å²) < 4.78 is 34.0. The molecule has 2 saturated carbocycles. The third-order valence-electron chi connectivity index (χ3n) is 8.91. The van der Waals surface area contributed by atoms with Crippen LogP contribution in [0.15, 0.2) is 212 Å². The van der Waals surface area contributed by atoms with E-state index in [2.05, 4.69) is 264 Å². The molecule has 0 saturated heterocycles. The van der Waals surface area contributed by atoms with Crippen LogP contribution < -0.4 is 55.8 Å². The van der Waals surface area contributed by atoms with Crippen molar-refractivity contribution in [2.45, 2.75) is 0 Å². The number of hydrogen-bond acceptors (Lipinski definition) is 4. The second-order valence-corrected chi connectivity index (χ2v) is 20.4. The van der Waals surface area contributed by atoms with Crippen molar-refractivity contribution < 1.29 is 68.3 Å². The van der Waals surface area contributed by atoms with Gasteiger partial charge in [0.15, 0.2) is 0 Å². The van der Waals surface area contributed by atoms with Crippen LogP contribution in [0.2, 0.25) is 0 Å². The smallest absolute Gasteiger partial charge is 0.222 e. The summed E-state index contributed by atoms with van der Waals surface area (Å²) in [7, 11) is -6.21. The number of rotatable bonds is 9. The summed E-state index contributed by atoms with van der Waals surface area (Å²) in [5.74, 6) is 0. The molecule has 0 unspecified atom stereocenters. The molecule has 2 aliphatic rings. The first kappa shape index (κ1) is 51.9. The van der Waals surface area contributed by atoms with E-state index in [4.69, 9.17) is 18.6 Å². The van der Waals surface area contributed by atoms with E-state index in [1.165, 1.54) is 48.4 Å². The standard InChI is InChI=1S/C18H15P.2C17H14P.Au.ClHO4.Fe/c1-4-10-16(11-5-1)19(17-12-6-2-7-13-17)18-14-8-3-9-15-18;2*1-3-9-15(10-4-1)18(17-13-7-8-14-17)16-11-5-2-6-12-16;;2-1(3,4)5;/h1-15H;2*1-14H;;(H,2,3,4,5);/q;;;+1;;+2/p-1. The van der Waals surface area contributed by atoms with Gasteiger partial charge in [-0.25, -0.2) is 18.6 Å². The molecular formula is C52H43AuClFeO4P3+2. The molecule has 10 radical (unpaired) electrons. The number of hydrogen-bond donors (Lipinski definition) is 0. The molecule has 0 aromatic heterocycles. The third kappa shape index (κ3) is 17.0. The molecule has 314 valence electrons. The molecule has 10 heteroatoms. The predicted octanol–water partition coefficient (Wildman–Crippen LogP) is 5.65. The molecule has 0 bridgehead atoms. The second kappa shape index (κ2) is 28.2. The average molecular weight is 1110 g/mol. The number of benzene rings is 7. The monoisotopic (exact) mass is 1110 g/mol. The maximum absolute atomic E-state index is 8.49. The van der Waals surface area contributed by atoms with Gasteiger partial charge >= 0.3 is 39.4 Å². The Labute approximate surface area is 401 Å². The van der Waals surface area contributed by atoms with Gasteiger partial charge in [0, 0.05) is 11.3 Å². The fourth-order valence-electron chi connectivity index (χ4n) is 6.41. The first-order valence-corrected chi connectivity index (χ1v) is 24.4. The SMILES string of the molecule is [Au+].[CH]1[CH][CH][C](P(c2ccccc2)c2ccccc2)[CH]1.[CH]1[CH][CH][C](P(c2ccccc2)c2ccccc2)[CH]1.[Fe+2].[O-][Cl+3]([O-])([O-])[O-].c1ccc(P(c2ccccc2)c2ccccc2)cc1. The second-order valence-electron chi connectivity index (χ2n) is 13.0. The van der Waals surface area contributed by atoms with Gasteiger partial charge in [-0.2, -0.15) is 0 Å². The Bertz CT molecular complexity index is 1910. The molecule has 0 heterocycles. The van der Waals surface area contributed by atoms with E-state index in [-0.39, 0.29) is 39.4 Å². The first-order chi connectivity index (χ1) is 29.3. The van der Waals surface area contributed by atoms with Crippen LogP contribution >= 0.6 is 23.8 Å². The van der Waals surface area contributed by atoms with Crippen LogP contribution in [-0.2, 0) is 39.4 Å². The molecule has 7 aromatic rings. The molecule has 0 atom stereocenters. The third-order valence-corrected chi connectivity index (χ3v) is 16.2. The van der Waals surface area contributed by atoms with Crippen molar-refractivity contribution >= 4 is 60.9 Å². The first-order valence-electron chi connectivity index (χ1n) is 19.2. The van der Waals surface area contributed by atoms with E-state index in [9.17, 15) is 0 Å². The Morgan fingerprint density at radius 3 is 0.565 bits per heavy atom. The van der Waals surface area contributed by atoms with Crippen molar-refractivity contribution in [3.8, 4) is 0 Å². The van der Waals surface area contributed by atoms with E-state index in [1.807, 2.05) is 0 Å². The van der Waals surface area contributed by atoms with E-state index in [0.29, 0.717) is 0 Å². The molecule has 9 rings (SSSR count). The molecule has 2 fully saturated rings. The van der Waals surface area contributed by atoms with Gasteiger partial charge in [-0.05, 0) is 112 Å². The van der Waals surface area contributed by atoms with Crippen molar-refractivity contribution in [1.82, 2.24) is 0 Å². The van der Waals surface area contributed by atoms with Crippen LogP contribution in [0.25, 0.3) is 0 Å². The summed E-state index contributed by atoms with van der Waals surface area (Å²) in [6.07, 6.45) is 17.4. The average Bonchev–Trinajstić information content (AvgIpc) is 4.03. The maximum Gasteiger partial charge on any atom is 2.00 e. The summed E-state index contributed by atoms with van der Waals surface area (Å²) >= 11 is 0. The minimum atomic E-state index is -4.94.